The highest BCUT2D eigenvalue weighted by molar-refractivity contribution is 5.94. The number of amides is 2. The Labute approximate surface area is 184 Å². The number of halogens is 1. The Morgan fingerprint density at radius 3 is 2.42 bits per heavy atom. The van der Waals surface area contributed by atoms with E-state index < -0.39 is 11.7 Å². The van der Waals surface area contributed by atoms with Gasteiger partial charge in [-0.2, -0.15) is 0 Å². The van der Waals surface area contributed by atoms with E-state index in [0.717, 1.165) is 5.56 Å². The van der Waals surface area contributed by atoms with Crippen LogP contribution in [0.1, 0.15) is 35.3 Å². The molecule has 0 unspecified atom stereocenters. The fourth-order valence-corrected chi connectivity index (χ4v) is 4.51. The third kappa shape index (κ3) is 4.64. The third-order valence-electron chi connectivity index (χ3n) is 6.88. The monoisotopic (exact) mass is 425 g/mol. The molecule has 4 atom stereocenters. The number of benzene rings is 2. The van der Waals surface area contributed by atoms with E-state index in [-0.39, 0.29) is 34.8 Å². The van der Waals surface area contributed by atoms with Crippen molar-refractivity contribution in [3.05, 3.63) is 71.0 Å². The summed E-state index contributed by atoms with van der Waals surface area (Å²) >= 11 is 0. The van der Waals surface area contributed by atoms with Crippen LogP contribution in [0.5, 0.6) is 0 Å². The topological polar surface area (TPSA) is 61.4 Å². The second kappa shape index (κ2) is 9.18. The molecule has 31 heavy (non-hydrogen) atoms. The van der Waals surface area contributed by atoms with Crippen molar-refractivity contribution in [1.29, 1.82) is 0 Å². The third-order valence-corrected chi connectivity index (χ3v) is 6.88. The van der Waals surface area contributed by atoms with Gasteiger partial charge in [-0.1, -0.05) is 50.2 Å². The maximum atomic E-state index is 14.3. The molecule has 0 saturated heterocycles. The SMILES string of the molecule is CNC(=O)c1ccc(C[C@@H](CNC(=O)[C@@H]2[C@H](C)[C@@]2(C)c2ccccc2)N(C)C)cc1F. The Morgan fingerprint density at radius 2 is 1.84 bits per heavy atom. The van der Waals surface area contributed by atoms with E-state index >= 15 is 0 Å². The van der Waals surface area contributed by atoms with Crippen LogP contribution in [0.4, 0.5) is 4.39 Å². The van der Waals surface area contributed by atoms with E-state index in [0.29, 0.717) is 13.0 Å². The van der Waals surface area contributed by atoms with Crippen LogP contribution >= 0.6 is 0 Å². The highest BCUT2D eigenvalue weighted by atomic mass is 19.1. The Morgan fingerprint density at radius 1 is 1.16 bits per heavy atom. The molecule has 1 saturated carbocycles. The highest BCUT2D eigenvalue weighted by Gasteiger charge is 2.62. The Hall–Kier alpha value is -2.73. The van der Waals surface area contributed by atoms with E-state index in [1.807, 2.05) is 37.2 Å². The number of carbonyl (C=O) groups is 2. The summed E-state index contributed by atoms with van der Waals surface area (Å²) in [6.45, 7) is 4.74. The molecule has 6 heteroatoms. The molecule has 2 N–H and O–H groups in total. The molecule has 1 aliphatic rings. The first-order valence-corrected chi connectivity index (χ1v) is 10.7. The van der Waals surface area contributed by atoms with Gasteiger partial charge in [-0.25, -0.2) is 4.39 Å². The first-order chi connectivity index (χ1) is 14.7. The smallest absolute Gasteiger partial charge is 0.253 e. The van der Waals surface area contributed by atoms with Gasteiger partial charge in [0.25, 0.3) is 5.91 Å². The number of hydrogen-bond acceptors (Lipinski definition) is 3. The first-order valence-electron chi connectivity index (χ1n) is 10.7. The second-order valence-corrected chi connectivity index (χ2v) is 8.88. The van der Waals surface area contributed by atoms with Gasteiger partial charge in [0.1, 0.15) is 5.82 Å². The summed E-state index contributed by atoms with van der Waals surface area (Å²) in [5, 5.41) is 5.55. The molecule has 0 bridgehead atoms. The Kier molecular flexibility index (Phi) is 6.80. The van der Waals surface area contributed by atoms with E-state index in [4.69, 9.17) is 0 Å². The van der Waals surface area contributed by atoms with Crippen LogP contribution in [0.3, 0.4) is 0 Å². The summed E-state index contributed by atoms with van der Waals surface area (Å²) in [6, 6.07) is 14.9. The van der Waals surface area contributed by atoms with Crippen LogP contribution in [-0.2, 0) is 16.6 Å². The van der Waals surface area contributed by atoms with Gasteiger partial charge in [0.2, 0.25) is 5.91 Å². The predicted molar refractivity (Wildman–Crippen MR) is 120 cm³/mol. The number of rotatable bonds is 8. The molecule has 0 radical (unpaired) electrons. The highest BCUT2D eigenvalue weighted by Crippen LogP contribution is 2.59. The molecule has 1 fully saturated rings. The summed E-state index contributed by atoms with van der Waals surface area (Å²) in [4.78, 5) is 26.7. The van der Waals surface area contributed by atoms with Gasteiger partial charge in [-0.05, 0) is 49.7 Å². The van der Waals surface area contributed by atoms with Crippen molar-refractivity contribution < 1.29 is 14.0 Å². The molecule has 166 valence electrons. The summed E-state index contributed by atoms with van der Waals surface area (Å²) < 4.78 is 14.3. The van der Waals surface area contributed by atoms with Gasteiger partial charge in [0.15, 0.2) is 0 Å². The predicted octanol–water partition coefficient (Wildman–Crippen LogP) is 3.00. The number of likely N-dealkylation sites (N-methyl/N-ethyl adjacent to an activating group) is 1. The molecule has 1 aliphatic carbocycles. The lowest BCUT2D eigenvalue weighted by atomic mass is 9.94. The van der Waals surface area contributed by atoms with E-state index in [9.17, 15) is 14.0 Å². The molecule has 2 amide bonds. The lowest BCUT2D eigenvalue weighted by molar-refractivity contribution is -0.123. The molecule has 5 nitrogen and oxygen atoms in total. The Balaban J connectivity index is 1.63. The minimum Gasteiger partial charge on any atom is -0.355 e. The van der Waals surface area contributed by atoms with Crippen molar-refractivity contribution in [3.63, 3.8) is 0 Å². The van der Waals surface area contributed by atoms with Crippen molar-refractivity contribution in [2.75, 3.05) is 27.7 Å². The lowest BCUT2D eigenvalue weighted by Crippen LogP contribution is -2.42. The van der Waals surface area contributed by atoms with Crippen LogP contribution in [0.15, 0.2) is 48.5 Å². The summed E-state index contributed by atoms with van der Waals surface area (Å²) in [5.41, 5.74) is 1.87. The molecular weight excluding hydrogens is 393 g/mol. The van der Waals surface area contributed by atoms with Crippen LogP contribution in [-0.4, -0.2) is 50.4 Å². The summed E-state index contributed by atoms with van der Waals surface area (Å²) in [5.74, 6) is -0.697. The fraction of sp³-hybridized carbons (Fsp3) is 0.440. The van der Waals surface area contributed by atoms with E-state index in [1.54, 1.807) is 6.07 Å². The van der Waals surface area contributed by atoms with Gasteiger partial charge in [0, 0.05) is 25.0 Å². The van der Waals surface area contributed by atoms with E-state index in [1.165, 1.54) is 24.7 Å². The molecule has 2 aromatic carbocycles. The van der Waals surface area contributed by atoms with Crippen LogP contribution in [0.25, 0.3) is 0 Å². The first kappa shape index (κ1) is 22.9. The van der Waals surface area contributed by atoms with Crippen LogP contribution in [0, 0.1) is 17.7 Å². The van der Waals surface area contributed by atoms with Crippen LogP contribution in [0.2, 0.25) is 0 Å². The second-order valence-electron chi connectivity index (χ2n) is 8.88. The molecule has 0 heterocycles. The largest absolute Gasteiger partial charge is 0.355 e. The number of hydrogen-bond donors (Lipinski definition) is 2. The average molecular weight is 426 g/mol. The normalized spacial score (nSPS) is 23.3. The molecular formula is C25H32FN3O2. The molecule has 2 aromatic rings. The molecule has 0 spiro atoms. The van der Waals surface area contributed by atoms with Crippen LogP contribution < -0.4 is 10.6 Å². The van der Waals surface area contributed by atoms with Crippen molar-refractivity contribution in [2.24, 2.45) is 11.8 Å². The summed E-state index contributed by atoms with van der Waals surface area (Å²) in [7, 11) is 5.36. The van der Waals surface area contributed by atoms with E-state index in [2.05, 4.69) is 36.6 Å². The van der Waals surface area contributed by atoms with Gasteiger partial charge >= 0.3 is 0 Å². The van der Waals surface area contributed by atoms with Gasteiger partial charge in [-0.15, -0.1) is 0 Å². The lowest BCUT2D eigenvalue weighted by Gasteiger charge is -2.25. The average Bonchev–Trinajstić information content (AvgIpc) is 3.32. The molecule has 3 rings (SSSR count). The number of carbonyl (C=O) groups excluding carboxylic acids is 2. The van der Waals surface area contributed by atoms with Gasteiger partial charge in [0.05, 0.1) is 11.5 Å². The zero-order chi connectivity index (χ0) is 22.8. The van der Waals surface area contributed by atoms with Gasteiger partial charge < -0.3 is 15.5 Å². The Bertz CT molecular complexity index is 947. The minimum atomic E-state index is -0.538. The number of nitrogens with one attached hydrogen (secondary N) is 2. The standard InChI is InChI=1S/C25H32FN3O2/c1-16-22(25(16,2)18-9-7-6-8-10-18)24(31)28-15-19(29(4)5)13-17-11-12-20(21(26)14-17)23(30)27-3/h6-12,14,16,19,22H,13,15H2,1-5H3,(H,27,30)(H,28,31)/t16-,19-,22-,25-/m0/s1. The fourth-order valence-electron chi connectivity index (χ4n) is 4.51. The van der Waals surface area contributed by atoms with Crippen molar-refractivity contribution in [1.82, 2.24) is 15.5 Å². The zero-order valence-corrected chi connectivity index (χ0v) is 18.9. The molecule has 0 aromatic heterocycles. The summed E-state index contributed by atoms with van der Waals surface area (Å²) in [6.07, 6.45) is 0.564. The number of nitrogens with zero attached hydrogens (tertiary/aromatic N) is 1. The molecule has 0 aliphatic heterocycles. The minimum absolute atomic E-state index is 0.00578. The maximum absolute atomic E-state index is 14.3. The maximum Gasteiger partial charge on any atom is 0.253 e. The van der Waals surface area contributed by atoms with Crippen molar-refractivity contribution >= 4 is 11.8 Å². The van der Waals surface area contributed by atoms with Crippen molar-refractivity contribution in [2.45, 2.75) is 31.7 Å². The van der Waals surface area contributed by atoms with Gasteiger partial charge in [-0.3, -0.25) is 9.59 Å². The quantitative estimate of drug-likeness (QED) is 0.684. The zero-order valence-electron chi connectivity index (χ0n) is 18.9. The van der Waals surface area contributed by atoms with Crippen molar-refractivity contribution in [3.8, 4) is 0 Å².